The zero-order valence-electron chi connectivity index (χ0n) is 16.1. The van der Waals surface area contributed by atoms with Gasteiger partial charge in [-0.3, -0.25) is 4.79 Å². The highest BCUT2D eigenvalue weighted by atomic mass is 16.5. The van der Waals surface area contributed by atoms with Crippen LogP contribution in [0.5, 0.6) is 0 Å². The van der Waals surface area contributed by atoms with Crippen LogP contribution in [-0.4, -0.2) is 73.4 Å². The molecule has 148 valence electrons. The van der Waals surface area contributed by atoms with Gasteiger partial charge in [0.05, 0.1) is 37.8 Å². The third kappa shape index (κ3) is 4.23. The summed E-state index contributed by atoms with van der Waals surface area (Å²) in [6.45, 7) is 7.24. The molecule has 4 rings (SSSR count). The van der Waals surface area contributed by atoms with Crippen molar-refractivity contribution in [1.29, 1.82) is 0 Å². The molecular weight excluding hydrogens is 358 g/mol. The van der Waals surface area contributed by atoms with Crippen LogP contribution in [0, 0.1) is 6.92 Å². The van der Waals surface area contributed by atoms with Crippen LogP contribution < -0.4 is 10.2 Å². The second kappa shape index (κ2) is 8.53. The summed E-state index contributed by atoms with van der Waals surface area (Å²) in [6.07, 6.45) is 0. The van der Waals surface area contributed by atoms with E-state index in [-0.39, 0.29) is 5.91 Å². The van der Waals surface area contributed by atoms with Crippen molar-refractivity contribution in [1.82, 2.24) is 14.9 Å². The molecule has 28 heavy (non-hydrogen) atoms. The number of amides is 1. The second-order valence-corrected chi connectivity index (χ2v) is 6.83. The van der Waals surface area contributed by atoms with Gasteiger partial charge < -0.3 is 24.6 Å². The SMILES string of the molecule is Cc1nc(Nc2ccccc2N2CCOCC2)cc(C(=O)N2CCOCC2)n1. The van der Waals surface area contributed by atoms with Crippen molar-refractivity contribution in [3.63, 3.8) is 0 Å². The number of nitrogens with zero attached hydrogens (tertiary/aromatic N) is 4. The van der Waals surface area contributed by atoms with Crippen LogP contribution in [0.2, 0.25) is 0 Å². The lowest BCUT2D eigenvalue weighted by molar-refractivity contribution is 0.0299. The summed E-state index contributed by atoms with van der Waals surface area (Å²) in [7, 11) is 0. The molecular formula is C20H25N5O3. The van der Waals surface area contributed by atoms with E-state index < -0.39 is 0 Å². The summed E-state index contributed by atoms with van der Waals surface area (Å²) in [4.78, 5) is 25.7. The van der Waals surface area contributed by atoms with E-state index in [1.165, 1.54) is 0 Å². The van der Waals surface area contributed by atoms with Gasteiger partial charge in [-0.25, -0.2) is 9.97 Å². The lowest BCUT2D eigenvalue weighted by Crippen LogP contribution is -2.41. The number of benzene rings is 1. The van der Waals surface area contributed by atoms with Gasteiger partial charge in [0.1, 0.15) is 17.3 Å². The zero-order valence-corrected chi connectivity index (χ0v) is 16.1. The molecule has 1 aromatic carbocycles. The number of aromatic nitrogens is 2. The average Bonchev–Trinajstić information content (AvgIpc) is 2.74. The normalized spacial score (nSPS) is 17.5. The predicted molar refractivity (Wildman–Crippen MR) is 106 cm³/mol. The molecule has 8 heteroatoms. The standard InChI is InChI=1S/C20H25N5O3/c1-15-21-17(20(26)25-8-12-28-13-9-25)14-19(22-15)23-16-4-2-3-5-18(16)24-6-10-27-11-7-24/h2-5,14H,6-13H2,1H3,(H,21,22,23). The Bertz CT molecular complexity index is 832. The van der Waals surface area contributed by atoms with Crippen LogP contribution in [0.3, 0.4) is 0 Å². The van der Waals surface area contributed by atoms with Crippen LogP contribution in [0.15, 0.2) is 30.3 Å². The first-order valence-electron chi connectivity index (χ1n) is 9.62. The van der Waals surface area contributed by atoms with E-state index in [0.29, 0.717) is 43.6 Å². The Morgan fingerprint density at radius 1 is 1.00 bits per heavy atom. The quantitative estimate of drug-likeness (QED) is 0.863. The molecule has 0 saturated carbocycles. The summed E-state index contributed by atoms with van der Waals surface area (Å²) in [5, 5.41) is 3.38. The van der Waals surface area contributed by atoms with E-state index in [4.69, 9.17) is 9.47 Å². The molecule has 1 aromatic heterocycles. The molecule has 0 aliphatic carbocycles. The van der Waals surface area contributed by atoms with Crippen molar-refractivity contribution in [2.45, 2.75) is 6.92 Å². The van der Waals surface area contributed by atoms with Crippen LogP contribution in [0.25, 0.3) is 0 Å². The molecule has 1 amide bonds. The van der Waals surface area contributed by atoms with Gasteiger partial charge in [0.25, 0.3) is 5.91 Å². The maximum atomic E-state index is 12.8. The number of hydrogen-bond donors (Lipinski definition) is 1. The first-order valence-corrected chi connectivity index (χ1v) is 9.62. The second-order valence-electron chi connectivity index (χ2n) is 6.83. The summed E-state index contributed by atoms with van der Waals surface area (Å²) in [5.74, 6) is 1.09. The third-order valence-electron chi connectivity index (χ3n) is 4.87. The van der Waals surface area contributed by atoms with Gasteiger partial charge in [0, 0.05) is 32.2 Å². The summed E-state index contributed by atoms with van der Waals surface area (Å²) >= 11 is 0. The van der Waals surface area contributed by atoms with Gasteiger partial charge in [-0.15, -0.1) is 0 Å². The fourth-order valence-corrected chi connectivity index (χ4v) is 3.47. The van der Waals surface area contributed by atoms with Gasteiger partial charge in [0.15, 0.2) is 0 Å². The Morgan fingerprint density at radius 2 is 1.68 bits per heavy atom. The van der Waals surface area contributed by atoms with Crippen LogP contribution in [0.4, 0.5) is 17.2 Å². The van der Waals surface area contributed by atoms with Crippen LogP contribution in [-0.2, 0) is 9.47 Å². The Hall–Kier alpha value is -2.71. The number of nitrogens with one attached hydrogen (secondary N) is 1. The number of para-hydroxylation sites is 2. The van der Waals surface area contributed by atoms with Gasteiger partial charge in [-0.2, -0.15) is 0 Å². The number of morpholine rings is 2. The molecule has 2 aliphatic rings. The smallest absolute Gasteiger partial charge is 0.272 e. The number of carbonyl (C=O) groups is 1. The molecule has 1 N–H and O–H groups in total. The number of rotatable bonds is 4. The number of carbonyl (C=O) groups excluding carboxylic acids is 1. The topological polar surface area (TPSA) is 79.8 Å². The molecule has 8 nitrogen and oxygen atoms in total. The largest absolute Gasteiger partial charge is 0.378 e. The third-order valence-corrected chi connectivity index (χ3v) is 4.87. The van der Waals surface area contributed by atoms with Crippen molar-refractivity contribution in [2.24, 2.45) is 0 Å². The maximum absolute atomic E-state index is 12.8. The minimum Gasteiger partial charge on any atom is -0.378 e. The maximum Gasteiger partial charge on any atom is 0.272 e. The lowest BCUT2D eigenvalue weighted by Gasteiger charge is -2.30. The Kier molecular flexibility index (Phi) is 5.68. The Morgan fingerprint density at radius 3 is 2.43 bits per heavy atom. The molecule has 3 heterocycles. The van der Waals surface area contributed by atoms with Crippen molar-refractivity contribution in [3.8, 4) is 0 Å². The first kappa shape index (κ1) is 18.6. The summed E-state index contributed by atoms with van der Waals surface area (Å²) in [5.41, 5.74) is 2.45. The van der Waals surface area contributed by atoms with E-state index in [1.54, 1.807) is 17.9 Å². The van der Waals surface area contributed by atoms with Crippen molar-refractivity contribution >= 4 is 23.1 Å². The first-order chi connectivity index (χ1) is 13.7. The summed E-state index contributed by atoms with van der Waals surface area (Å²) in [6, 6.07) is 9.84. The van der Waals surface area contributed by atoms with E-state index in [2.05, 4.69) is 26.3 Å². The molecule has 0 atom stereocenters. The molecule has 0 bridgehead atoms. The van der Waals surface area contributed by atoms with Crippen molar-refractivity contribution in [3.05, 3.63) is 41.9 Å². The van der Waals surface area contributed by atoms with Gasteiger partial charge >= 0.3 is 0 Å². The zero-order chi connectivity index (χ0) is 19.3. The molecule has 2 saturated heterocycles. The van der Waals surface area contributed by atoms with Gasteiger partial charge in [-0.1, -0.05) is 12.1 Å². The molecule has 2 aliphatic heterocycles. The minimum absolute atomic E-state index is 0.0849. The summed E-state index contributed by atoms with van der Waals surface area (Å²) < 4.78 is 10.8. The minimum atomic E-state index is -0.0849. The molecule has 2 aromatic rings. The van der Waals surface area contributed by atoms with Gasteiger partial charge in [0.2, 0.25) is 0 Å². The predicted octanol–water partition coefficient (Wildman–Crippen LogP) is 1.84. The highest BCUT2D eigenvalue weighted by molar-refractivity contribution is 5.93. The van der Waals surface area contributed by atoms with E-state index in [1.807, 2.05) is 18.2 Å². The lowest BCUT2D eigenvalue weighted by atomic mass is 10.2. The van der Waals surface area contributed by atoms with Crippen molar-refractivity contribution < 1.29 is 14.3 Å². The monoisotopic (exact) mass is 383 g/mol. The highest BCUT2D eigenvalue weighted by Crippen LogP contribution is 2.29. The van der Waals surface area contributed by atoms with E-state index in [0.717, 1.165) is 37.7 Å². The molecule has 0 unspecified atom stereocenters. The average molecular weight is 383 g/mol. The molecule has 0 radical (unpaired) electrons. The number of ether oxygens (including phenoxy) is 2. The molecule has 2 fully saturated rings. The number of anilines is 3. The Balaban J connectivity index is 1.57. The number of aryl methyl sites for hydroxylation is 1. The van der Waals surface area contributed by atoms with Crippen LogP contribution in [0.1, 0.15) is 16.3 Å². The van der Waals surface area contributed by atoms with Crippen LogP contribution >= 0.6 is 0 Å². The van der Waals surface area contributed by atoms with E-state index >= 15 is 0 Å². The number of hydrogen-bond acceptors (Lipinski definition) is 7. The van der Waals surface area contributed by atoms with Crippen molar-refractivity contribution in [2.75, 3.05) is 62.8 Å². The molecule has 0 spiro atoms. The Labute approximate surface area is 164 Å². The fraction of sp³-hybridized carbons (Fsp3) is 0.450. The van der Waals surface area contributed by atoms with E-state index in [9.17, 15) is 4.79 Å². The fourth-order valence-electron chi connectivity index (χ4n) is 3.47. The highest BCUT2D eigenvalue weighted by Gasteiger charge is 2.21. The van der Waals surface area contributed by atoms with Gasteiger partial charge in [-0.05, 0) is 19.1 Å².